The Morgan fingerprint density at radius 3 is 1.50 bits per heavy atom. The number of hydrazine groups is 2. The van der Waals surface area contributed by atoms with Crippen LogP contribution in [-0.2, 0) is 0 Å². The lowest BCUT2D eigenvalue weighted by Crippen LogP contribution is -2.49. The van der Waals surface area contributed by atoms with Crippen LogP contribution in [0.3, 0.4) is 0 Å². The van der Waals surface area contributed by atoms with Crippen molar-refractivity contribution in [2.75, 3.05) is 0 Å². The van der Waals surface area contributed by atoms with Gasteiger partial charge in [-0.15, -0.1) is 4.89 Å². The summed E-state index contributed by atoms with van der Waals surface area (Å²) in [6.45, 7) is 7.70. The summed E-state index contributed by atoms with van der Waals surface area (Å²) in [4.78, 5) is 19.1. The fraction of sp³-hybridized carbons (Fsp3) is 1.00. The molecule has 4 N–H and O–H groups in total. The van der Waals surface area contributed by atoms with E-state index >= 15 is 0 Å². The van der Waals surface area contributed by atoms with E-state index in [2.05, 4.69) is 10.9 Å². The Balaban J connectivity index is 3.87. The van der Waals surface area contributed by atoms with E-state index in [0.717, 1.165) is 0 Å². The third kappa shape index (κ3) is 5.83. The second-order valence-corrected chi connectivity index (χ2v) is 4.08. The van der Waals surface area contributed by atoms with Crippen LogP contribution in [0.1, 0.15) is 27.7 Å². The Morgan fingerprint density at radius 1 is 1.00 bits per heavy atom. The highest BCUT2D eigenvalue weighted by atomic mass is 31.2. The molecule has 0 bridgehead atoms. The summed E-state index contributed by atoms with van der Waals surface area (Å²) >= 11 is 0. The predicted molar refractivity (Wildman–Crippen MR) is 49.7 cm³/mol. The van der Waals surface area contributed by atoms with E-state index in [4.69, 9.17) is 9.79 Å². The van der Waals surface area contributed by atoms with Crippen LogP contribution in [0.4, 0.5) is 0 Å². The zero-order valence-corrected chi connectivity index (χ0v) is 8.84. The van der Waals surface area contributed by atoms with Gasteiger partial charge in [-0.05, 0) is 27.7 Å². The maximum atomic E-state index is 8.93. The van der Waals surface area contributed by atoms with Crippen LogP contribution >= 0.6 is 8.53 Å². The summed E-state index contributed by atoms with van der Waals surface area (Å²) in [5.41, 5.74) is 5.72. The first-order chi connectivity index (χ1) is 5.43. The van der Waals surface area contributed by atoms with E-state index in [0.29, 0.717) is 0 Å². The third-order valence-electron chi connectivity index (χ3n) is 0.940. The van der Waals surface area contributed by atoms with E-state index in [1.807, 2.05) is 27.7 Å². The predicted octanol–water partition coefficient (Wildman–Crippen LogP) is 0.326. The molecule has 0 aromatic rings. The topological polar surface area (TPSA) is 67.8 Å². The van der Waals surface area contributed by atoms with Gasteiger partial charge in [-0.1, -0.05) is 0 Å². The summed E-state index contributed by atoms with van der Waals surface area (Å²) in [6.07, 6.45) is 0. The van der Waals surface area contributed by atoms with Gasteiger partial charge >= 0.3 is 0 Å². The summed E-state index contributed by atoms with van der Waals surface area (Å²) in [7, 11) is -2.12. The summed E-state index contributed by atoms with van der Waals surface area (Å²) in [5, 5.41) is 0. The molecule has 0 aliphatic rings. The van der Waals surface area contributed by atoms with Crippen LogP contribution in [0.5, 0.6) is 0 Å². The van der Waals surface area contributed by atoms with Crippen LogP contribution in [-0.4, -0.2) is 26.8 Å². The highest BCUT2D eigenvalue weighted by molar-refractivity contribution is 7.42. The SMILES string of the molecule is CC(C)NN(NC(C)C)P(O)O. The minimum absolute atomic E-state index is 0.167. The minimum Gasteiger partial charge on any atom is -0.336 e. The Labute approximate surface area is 74.7 Å². The first kappa shape index (κ1) is 12.2. The van der Waals surface area contributed by atoms with Gasteiger partial charge < -0.3 is 9.79 Å². The van der Waals surface area contributed by atoms with Crippen molar-refractivity contribution in [3.05, 3.63) is 0 Å². The number of hydrogen-bond acceptors (Lipinski definition) is 5. The van der Waals surface area contributed by atoms with Crippen molar-refractivity contribution < 1.29 is 9.79 Å². The standard InChI is InChI=1S/C6H18N3O2P/c1-5(2)7-9(12(10)11)8-6(3)4/h5-8,10-11H,1-4H3. The lowest BCUT2D eigenvalue weighted by Gasteiger charge is -2.27. The Bertz CT molecular complexity index is 111. The van der Waals surface area contributed by atoms with Crippen LogP contribution < -0.4 is 10.9 Å². The molecule has 0 rings (SSSR count). The van der Waals surface area contributed by atoms with Gasteiger partial charge in [-0.3, -0.25) is 0 Å². The molecular formula is C6H18N3O2P. The fourth-order valence-corrected chi connectivity index (χ4v) is 1.30. The normalized spacial score (nSPS) is 12.5. The largest absolute Gasteiger partial charge is 0.336 e. The van der Waals surface area contributed by atoms with Crippen molar-refractivity contribution in [3.8, 4) is 0 Å². The molecule has 5 nitrogen and oxygen atoms in total. The number of rotatable bonds is 5. The van der Waals surface area contributed by atoms with Crippen LogP contribution in [0.2, 0.25) is 0 Å². The quantitative estimate of drug-likeness (QED) is 0.376. The minimum atomic E-state index is -2.12. The second-order valence-electron chi connectivity index (χ2n) is 3.15. The van der Waals surface area contributed by atoms with Crippen molar-refractivity contribution in [1.29, 1.82) is 0 Å². The molecule has 0 aromatic carbocycles. The molecule has 0 aliphatic heterocycles. The van der Waals surface area contributed by atoms with E-state index in [9.17, 15) is 0 Å². The Hall–Kier alpha value is 0.230. The van der Waals surface area contributed by atoms with Gasteiger partial charge in [0.15, 0.2) is 0 Å². The van der Waals surface area contributed by atoms with Crippen molar-refractivity contribution in [2.24, 2.45) is 0 Å². The highest BCUT2D eigenvalue weighted by Crippen LogP contribution is 2.25. The zero-order chi connectivity index (χ0) is 9.72. The van der Waals surface area contributed by atoms with Gasteiger partial charge in [0.1, 0.15) is 0 Å². The van der Waals surface area contributed by atoms with E-state index in [-0.39, 0.29) is 12.1 Å². The molecule has 6 heteroatoms. The van der Waals surface area contributed by atoms with E-state index in [1.54, 1.807) is 0 Å². The summed E-state index contributed by atoms with van der Waals surface area (Å²) in [5.74, 6) is 0. The average molecular weight is 195 g/mol. The first-order valence-corrected chi connectivity index (χ1v) is 5.13. The monoisotopic (exact) mass is 195 g/mol. The average Bonchev–Trinajstić information content (AvgIpc) is 1.83. The van der Waals surface area contributed by atoms with Gasteiger partial charge in [-0.2, -0.15) is 0 Å². The first-order valence-electron chi connectivity index (χ1n) is 3.93. The van der Waals surface area contributed by atoms with Gasteiger partial charge in [0.2, 0.25) is 0 Å². The number of hydrogen-bond donors (Lipinski definition) is 4. The number of nitrogens with one attached hydrogen (secondary N) is 2. The molecule has 0 spiro atoms. The molecule has 0 aliphatic carbocycles. The molecule has 12 heavy (non-hydrogen) atoms. The molecule has 0 saturated heterocycles. The van der Waals surface area contributed by atoms with Crippen LogP contribution in [0.25, 0.3) is 0 Å². The maximum absolute atomic E-state index is 8.93. The molecule has 74 valence electrons. The highest BCUT2D eigenvalue weighted by Gasteiger charge is 2.15. The van der Waals surface area contributed by atoms with Gasteiger partial charge in [-0.25, -0.2) is 10.9 Å². The van der Waals surface area contributed by atoms with E-state index < -0.39 is 8.53 Å². The van der Waals surface area contributed by atoms with Crippen molar-refractivity contribution >= 4 is 8.53 Å². The molecule has 0 atom stereocenters. The second kappa shape index (κ2) is 5.80. The molecule has 0 radical (unpaired) electrons. The van der Waals surface area contributed by atoms with Gasteiger partial charge in [0, 0.05) is 12.1 Å². The lowest BCUT2D eigenvalue weighted by molar-refractivity contribution is 0.166. The number of nitrogens with zero attached hydrogens (tertiary/aromatic N) is 1. The third-order valence-corrected chi connectivity index (χ3v) is 1.53. The Morgan fingerprint density at radius 2 is 1.33 bits per heavy atom. The smallest absolute Gasteiger partial charge is 0.283 e. The molecule has 0 heterocycles. The fourth-order valence-electron chi connectivity index (χ4n) is 0.630. The van der Waals surface area contributed by atoms with Crippen LogP contribution in [0, 0.1) is 0 Å². The molecule has 0 saturated carbocycles. The van der Waals surface area contributed by atoms with Crippen molar-refractivity contribution in [3.63, 3.8) is 0 Å². The molecule has 0 fully saturated rings. The molecule has 0 amide bonds. The molecule has 0 aromatic heterocycles. The summed E-state index contributed by atoms with van der Waals surface area (Å²) in [6, 6.07) is 0.334. The molecule has 0 unspecified atom stereocenters. The zero-order valence-electron chi connectivity index (χ0n) is 7.94. The molecular weight excluding hydrogens is 177 g/mol. The maximum Gasteiger partial charge on any atom is 0.283 e. The van der Waals surface area contributed by atoms with Gasteiger partial charge in [0.05, 0.1) is 0 Å². The summed E-state index contributed by atoms with van der Waals surface area (Å²) < 4.78 is 0. The van der Waals surface area contributed by atoms with Gasteiger partial charge in [0.25, 0.3) is 8.53 Å². The van der Waals surface area contributed by atoms with Crippen LogP contribution in [0.15, 0.2) is 0 Å². The van der Waals surface area contributed by atoms with Crippen molar-refractivity contribution in [1.82, 2.24) is 15.7 Å². The lowest BCUT2D eigenvalue weighted by atomic mass is 10.4. The van der Waals surface area contributed by atoms with E-state index in [1.165, 1.54) is 4.89 Å². The Kier molecular flexibility index (Phi) is 5.92. The van der Waals surface area contributed by atoms with Crippen molar-refractivity contribution in [2.45, 2.75) is 39.8 Å².